The second-order valence-corrected chi connectivity index (χ2v) is 5.23. The Hall–Kier alpha value is -3.19. The fourth-order valence-corrected chi connectivity index (χ4v) is 2.31. The van der Waals surface area contributed by atoms with E-state index in [2.05, 4.69) is 4.98 Å². The number of nitro benzene ring substituents is 1. The lowest BCUT2D eigenvalue weighted by atomic mass is 10.1. The third kappa shape index (κ3) is 2.97. The smallest absolute Gasteiger partial charge is 0.347 e. The molecule has 8 heteroatoms. The van der Waals surface area contributed by atoms with Crippen LogP contribution in [0.4, 0.5) is 5.69 Å². The molecule has 0 fully saturated rings. The van der Waals surface area contributed by atoms with Crippen LogP contribution in [0, 0.1) is 10.1 Å². The minimum atomic E-state index is -0.713. The third-order valence-electron chi connectivity index (χ3n) is 3.23. The molecule has 0 spiro atoms. The van der Waals surface area contributed by atoms with E-state index in [4.69, 9.17) is 16.0 Å². The number of phenolic OH excluding ortho intramolecular Hbond substituents is 1. The van der Waals surface area contributed by atoms with Gasteiger partial charge in [-0.25, -0.2) is 9.78 Å². The van der Waals surface area contributed by atoms with Gasteiger partial charge in [-0.05, 0) is 29.8 Å². The maximum absolute atomic E-state index is 11.9. The van der Waals surface area contributed by atoms with Crippen molar-refractivity contribution in [1.29, 1.82) is 0 Å². The molecule has 0 radical (unpaired) electrons. The summed E-state index contributed by atoms with van der Waals surface area (Å²) in [5, 5.41) is 20.6. The first-order chi connectivity index (χ1) is 11.5. The quantitative estimate of drug-likeness (QED) is 0.575. The molecule has 0 aliphatic heterocycles. The summed E-state index contributed by atoms with van der Waals surface area (Å²) in [5.41, 5.74) is -0.269. The molecule has 3 aromatic rings. The lowest BCUT2D eigenvalue weighted by Gasteiger charge is -2.01. The van der Waals surface area contributed by atoms with Crippen LogP contribution in [0.25, 0.3) is 22.0 Å². The van der Waals surface area contributed by atoms with E-state index in [0.717, 1.165) is 6.07 Å². The molecular formula is C16H9ClN2O5. The highest BCUT2D eigenvalue weighted by Gasteiger charge is 2.14. The molecule has 0 atom stereocenters. The van der Waals surface area contributed by atoms with Gasteiger partial charge in [-0.1, -0.05) is 29.8 Å². The van der Waals surface area contributed by atoms with Crippen molar-refractivity contribution in [2.45, 2.75) is 0 Å². The summed E-state index contributed by atoms with van der Waals surface area (Å²) >= 11 is 6.12. The van der Waals surface area contributed by atoms with Crippen LogP contribution in [0.1, 0.15) is 11.5 Å². The maximum atomic E-state index is 11.9. The van der Waals surface area contributed by atoms with Gasteiger partial charge in [-0.3, -0.25) is 10.1 Å². The Morgan fingerprint density at radius 3 is 2.79 bits per heavy atom. The molecule has 0 amide bonds. The molecule has 1 aromatic heterocycles. The van der Waals surface area contributed by atoms with E-state index >= 15 is 0 Å². The largest absolute Gasteiger partial charge is 0.502 e. The summed E-state index contributed by atoms with van der Waals surface area (Å²) in [4.78, 5) is 26.2. The molecule has 2 aromatic carbocycles. The van der Waals surface area contributed by atoms with Gasteiger partial charge in [0.2, 0.25) is 5.89 Å². The van der Waals surface area contributed by atoms with Crippen molar-refractivity contribution >= 4 is 39.3 Å². The van der Waals surface area contributed by atoms with Crippen LogP contribution >= 0.6 is 11.6 Å². The molecule has 1 N–H and O–H groups in total. The Morgan fingerprint density at radius 2 is 2.04 bits per heavy atom. The van der Waals surface area contributed by atoms with E-state index in [1.807, 2.05) is 0 Å². The lowest BCUT2D eigenvalue weighted by Crippen LogP contribution is -2.03. The van der Waals surface area contributed by atoms with Crippen LogP contribution < -0.4 is 5.63 Å². The molecule has 0 saturated carbocycles. The molecule has 0 saturated heterocycles. The first-order valence-corrected chi connectivity index (χ1v) is 7.08. The van der Waals surface area contributed by atoms with Crippen molar-refractivity contribution in [1.82, 2.24) is 4.98 Å². The van der Waals surface area contributed by atoms with Gasteiger partial charge in [0.05, 0.1) is 15.8 Å². The van der Waals surface area contributed by atoms with Crippen LogP contribution in [0.3, 0.4) is 0 Å². The van der Waals surface area contributed by atoms with Gasteiger partial charge in [-0.15, -0.1) is 0 Å². The van der Waals surface area contributed by atoms with Gasteiger partial charge in [0.15, 0.2) is 5.75 Å². The average Bonchev–Trinajstić information content (AvgIpc) is 2.56. The van der Waals surface area contributed by atoms with Gasteiger partial charge in [-0.2, -0.15) is 0 Å². The topological polar surface area (TPSA) is 106 Å². The molecule has 24 heavy (non-hydrogen) atoms. The molecule has 0 bridgehead atoms. The Kier molecular flexibility index (Phi) is 4.01. The van der Waals surface area contributed by atoms with Crippen LogP contribution in [0.15, 0.2) is 51.7 Å². The van der Waals surface area contributed by atoms with E-state index in [1.165, 1.54) is 18.2 Å². The number of benzene rings is 2. The number of para-hydroxylation sites is 1. The number of fused-ring (bicyclic) bond motifs is 1. The van der Waals surface area contributed by atoms with Crippen molar-refractivity contribution in [2.75, 3.05) is 0 Å². The third-order valence-corrected chi connectivity index (χ3v) is 3.50. The predicted molar refractivity (Wildman–Crippen MR) is 88.8 cm³/mol. The van der Waals surface area contributed by atoms with Crippen LogP contribution in [-0.2, 0) is 0 Å². The Labute approximate surface area is 139 Å². The highest BCUT2D eigenvalue weighted by Crippen LogP contribution is 2.29. The highest BCUT2D eigenvalue weighted by atomic mass is 35.5. The van der Waals surface area contributed by atoms with Gasteiger partial charge in [0.1, 0.15) is 5.03 Å². The number of aromatic nitrogens is 1. The normalized spacial score (nSPS) is 11.6. The number of halogens is 1. The first kappa shape index (κ1) is 15.7. The average molecular weight is 345 g/mol. The zero-order valence-corrected chi connectivity index (χ0v) is 12.7. The van der Waals surface area contributed by atoms with E-state index in [1.54, 1.807) is 24.3 Å². The summed E-state index contributed by atoms with van der Waals surface area (Å²) in [6.45, 7) is 0. The SMILES string of the molecule is O=c1oc(/C(Cl)=C/c2ccc(O)c([N+](=O)[O-])c2)nc2ccccc12. The van der Waals surface area contributed by atoms with Gasteiger partial charge >= 0.3 is 11.3 Å². The van der Waals surface area contributed by atoms with E-state index < -0.39 is 22.0 Å². The fourth-order valence-electron chi connectivity index (χ4n) is 2.11. The molecular weight excluding hydrogens is 336 g/mol. The minimum absolute atomic E-state index is 0.00200. The maximum Gasteiger partial charge on any atom is 0.347 e. The summed E-state index contributed by atoms with van der Waals surface area (Å²) in [6, 6.07) is 10.4. The highest BCUT2D eigenvalue weighted by molar-refractivity contribution is 6.50. The molecule has 120 valence electrons. The molecule has 0 aliphatic carbocycles. The van der Waals surface area contributed by atoms with E-state index in [9.17, 15) is 20.0 Å². The Bertz CT molecular complexity index is 1040. The summed E-state index contributed by atoms with van der Waals surface area (Å²) in [6.07, 6.45) is 1.36. The number of rotatable bonds is 3. The van der Waals surface area contributed by atoms with Crippen LogP contribution in [-0.4, -0.2) is 15.0 Å². The van der Waals surface area contributed by atoms with E-state index in [0.29, 0.717) is 16.5 Å². The minimum Gasteiger partial charge on any atom is -0.502 e. The standard InChI is InChI=1S/C16H9ClN2O5/c17-11(7-9-5-6-14(20)13(8-9)19(22)23)15-18-12-4-2-1-3-10(12)16(21)24-15/h1-8,20H/b11-7-. The summed E-state index contributed by atoms with van der Waals surface area (Å²) in [7, 11) is 0. The molecule has 3 rings (SSSR count). The first-order valence-electron chi connectivity index (χ1n) is 6.70. The van der Waals surface area contributed by atoms with E-state index in [-0.39, 0.29) is 10.9 Å². The molecule has 1 heterocycles. The lowest BCUT2D eigenvalue weighted by molar-refractivity contribution is -0.385. The van der Waals surface area contributed by atoms with Crippen molar-refractivity contribution in [3.63, 3.8) is 0 Å². The Balaban J connectivity index is 2.07. The Morgan fingerprint density at radius 1 is 1.29 bits per heavy atom. The summed E-state index contributed by atoms with van der Waals surface area (Å²) < 4.78 is 5.08. The number of hydrogen-bond donors (Lipinski definition) is 1. The van der Waals surface area contributed by atoms with Crippen LogP contribution in [0.5, 0.6) is 5.75 Å². The van der Waals surface area contributed by atoms with Crippen molar-refractivity contribution in [2.24, 2.45) is 0 Å². The number of nitrogens with zero attached hydrogens (tertiary/aromatic N) is 2. The number of aromatic hydroxyl groups is 1. The van der Waals surface area contributed by atoms with Crippen molar-refractivity contribution in [3.8, 4) is 5.75 Å². The van der Waals surface area contributed by atoms with Crippen molar-refractivity contribution < 1.29 is 14.4 Å². The number of hydrogen-bond acceptors (Lipinski definition) is 6. The number of phenols is 1. The molecule has 0 aliphatic rings. The second kappa shape index (κ2) is 6.13. The number of nitro groups is 1. The van der Waals surface area contributed by atoms with Gasteiger partial charge in [0, 0.05) is 6.07 Å². The van der Waals surface area contributed by atoms with Crippen molar-refractivity contribution in [3.05, 3.63) is 74.5 Å². The second-order valence-electron chi connectivity index (χ2n) is 4.82. The fraction of sp³-hybridized carbons (Fsp3) is 0. The monoisotopic (exact) mass is 344 g/mol. The summed E-state index contributed by atoms with van der Waals surface area (Å²) in [5.74, 6) is -0.556. The van der Waals surface area contributed by atoms with Gasteiger partial charge < -0.3 is 9.52 Å². The zero-order valence-electron chi connectivity index (χ0n) is 12.0. The predicted octanol–water partition coefficient (Wildman–Crippen LogP) is 3.54. The van der Waals surface area contributed by atoms with Crippen LogP contribution in [0.2, 0.25) is 0 Å². The molecule has 0 unspecified atom stereocenters. The molecule has 7 nitrogen and oxygen atoms in total. The zero-order chi connectivity index (χ0) is 17.3. The van der Waals surface area contributed by atoms with Gasteiger partial charge in [0.25, 0.3) is 0 Å².